The minimum atomic E-state index is -0.472. The molecule has 2 atom stereocenters. The van der Waals surface area contributed by atoms with Crippen LogP contribution in [-0.2, 0) is 0 Å². The lowest BCUT2D eigenvalue weighted by molar-refractivity contribution is 0.0997. The molecule has 2 rings (SSSR count). The van der Waals surface area contributed by atoms with Crippen molar-refractivity contribution in [2.45, 2.75) is 42.8 Å². The fourth-order valence-corrected chi connectivity index (χ4v) is 4.43. The zero-order valence-electron chi connectivity index (χ0n) is 11.0. The Morgan fingerprint density at radius 3 is 2.79 bits per heavy atom. The van der Waals surface area contributed by atoms with Crippen molar-refractivity contribution in [2.24, 2.45) is 11.7 Å². The lowest BCUT2D eigenvalue weighted by Crippen LogP contribution is -2.17. The molecule has 1 fully saturated rings. The first-order valence-electron chi connectivity index (χ1n) is 6.53. The molecule has 1 aromatic carbocycles. The van der Waals surface area contributed by atoms with Crippen molar-refractivity contribution >= 4 is 35.0 Å². The highest BCUT2D eigenvalue weighted by Crippen LogP contribution is 2.41. The van der Waals surface area contributed by atoms with E-state index in [0.717, 1.165) is 23.7 Å². The van der Waals surface area contributed by atoms with Gasteiger partial charge in [-0.3, -0.25) is 4.79 Å². The number of primary amides is 1. The van der Waals surface area contributed by atoms with Gasteiger partial charge in [0.1, 0.15) is 0 Å². The van der Waals surface area contributed by atoms with Gasteiger partial charge in [0.05, 0.1) is 10.6 Å². The van der Waals surface area contributed by atoms with Crippen molar-refractivity contribution in [1.29, 1.82) is 0 Å². The van der Waals surface area contributed by atoms with E-state index in [4.69, 9.17) is 23.1 Å². The van der Waals surface area contributed by atoms with Crippen molar-refractivity contribution in [3.8, 4) is 0 Å². The number of benzene rings is 1. The van der Waals surface area contributed by atoms with E-state index in [2.05, 4.69) is 6.92 Å². The molecule has 19 heavy (non-hydrogen) atoms. The minimum Gasteiger partial charge on any atom is -0.399 e. The number of nitrogen functional groups attached to an aromatic ring is 1. The molecular formula is C14H19ClN2OS. The molecule has 2 unspecified atom stereocenters. The Kier molecular flexibility index (Phi) is 4.63. The van der Waals surface area contributed by atoms with Crippen LogP contribution in [0.15, 0.2) is 17.0 Å². The van der Waals surface area contributed by atoms with Crippen LogP contribution in [-0.4, -0.2) is 11.2 Å². The first kappa shape index (κ1) is 14.5. The summed E-state index contributed by atoms with van der Waals surface area (Å²) in [6.45, 7) is 2.27. The molecule has 0 aliphatic heterocycles. The summed E-state index contributed by atoms with van der Waals surface area (Å²) in [5.41, 5.74) is 12.0. The van der Waals surface area contributed by atoms with E-state index >= 15 is 0 Å². The number of thioether (sulfide) groups is 1. The number of halogens is 1. The maximum absolute atomic E-state index is 11.5. The van der Waals surface area contributed by atoms with Gasteiger partial charge in [-0.1, -0.05) is 31.4 Å². The molecule has 1 saturated carbocycles. The smallest absolute Gasteiger partial charge is 0.249 e. The fraction of sp³-hybridized carbons (Fsp3) is 0.500. The van der Waals surface area contributed by atoms with Gasteiger partial charge >= 0.3 is 0 Å². The summed E-state index contributed by atoms with van der Waals surface area (Å²) in [7, 11) is 0. The Morgan fingerprint density at radius 1 is 1.42 bits per heavy atom. The van der Waals surface area contributed by atoms with Crippen molar-refractivity contribution < 1.29 is 4.79 Å². The summed E-state index contributed by atoms with van der Waals surface area (Å²) in [5.74, 6) is 0.261. The number of rotatable bonds is 3. The topological polar surface area (TPSA) is 69.1 Å². The van der Waals surface area contributed by atoms with Gasteiger partial charge in [0, 0.05) is 15.8 Å². The monoisotopic (exact) mass is 298 g/mol. The number of hydrogen-bond donors (Lipinski definition) is 2. The number of nitrogens with two attached hydrogens (primary N) is 2. The van der Waals surface area contributed by atoms with Gasteiger partial charge in [0.25, 0.3) is 0 Å². The predicted octanol–water partition coefficient (Wildman–Crippen LogP) is 3.69. The first-order chi connectivity index (χ1) is 8.97. The maximum atomic E-state index is 11.5. The van der Waals surface area contributed by atoms with E-state index in [9.17, 15) is 4.79 Å². The van der Waals surface area contributed by atoms with Crippen LogP contribution in [0.5, 0.6) is 0 Å². The lowest BCUT2D eigenvalue weighted by Gasteiger charge is -2.27. The third-order valence-electron chi connectivity index (χ3n) is 3.50. The number of amides is 1. The normalized spacial score (nSPS) is 23.3. The highest BCUT2D eigenvalue weighted by atomic mass is 35.5. The second-order valence-corrected chi connectivity index (χ2v) is 6.97. The van der Waals surface area contributed by atoms with Crippen molar-refractivity contribution in [3.05, 3.63) is 22.7 Å². The third-order valence-corrected chi connectivity index (χ3v) is 5.35. The van der Waals surface area contributed by atoms with E-state index in [1.165, 1.54) is 12.8 Å². The van der Waals surface area contributed by atoms with Crippen LogP contribution in [0.4, 0.5) is 5.69 Å². The zero-order valence-corrected chi connectivity index (χ0v) is 12.6. The fourth-order valence-electron chi connectivity index (χ4n) is 2.57. The SMILES string of the molecule is CC1CCCC(Sc2c(Cl)cc(N)cc2C(N)=O)C1. The average Bonchev–Trinajstić information content (AvgIpc) is 2.32. The highest BCUT2D eigenvalue weighted by molar-refractivity contribution is 8.00. The molecule has 3 nitrogen and oxygen atoms in total. The molecule has 0 spiro atoms. The largest absolute Gasteiger partial charge is 0.399 e. The average molecular weight is 299 g/mol. The van der Waals surface area contributed by atoms with Gasteiger partial charge in [-0.25, -0.2) is 0 Å². The van der Waals surface area contributed by atoms with Crippen LogP contribution in [0.3, 0.4) is 0 Å². The molecule has 1 aliphatic rings. The maximum Gasteiger partial charge on any atom is 0.249 e. The minimum absolute atomic E-state index is 0.438. The van der Waals surface area contributed by atoms with Crippen LogP contribution in [0.25, 0.3) is 0 Å². The van der Waals surface area contributed by atoms with Crippen LogP contribution in [0.2, 0.25) is 5.02 Å². The third kappa shape index (κ3) is 3.57. The molecular weight excluding hydrogens is 280 g/mol. The van der Waals surface area contributed by atoms with Gasteiger partial charge in [0.2, 0.25) is 5.91 Å². The highest BCUT2D eigenvalue weighted by Gasteiger charge is 2.23. The van der Waals surface area contributed by atoms with Crippen LogP contribution in [0, 0.1) is 5.92 Å². The van der Waals surface area contributed by atoms with Gasteiger partial charge in [0.15, 0.2) is 0 Å². The molecule has 0 saturated heterocycles. The Labute approximate surface area is 123 Å². The summed E-state index contributed by atoms with van der Waals surface area (Å²) in [6.07, 6.45) is 4.84. The van der Waals surface area contributed by atoms with E-state index in [1.807, 2.05) is 0 Å². The van der Waals surface area contributed by atoms with Gasteiger partial charge < -0.3 is 11.5 Å². The Bertz CT molecular complexity index is 493. The van der Waals surface area contributed by atoms with Crippen LogP contribution >= 0.6 is 23.4 Å². The number of anilines is 1. The molecule has 104 valence electrons. The summed E-state index contributed by atoms with van der Waals surface area (Å²) in [6, 6.07) is 3.30. The van der Waals surface area contributed by atoms with Crippen molar-refractivity contribution in [3.63, 3.8) is 0 Å². The molecule has 0 heterocycles. The lowest BCUT2D eigenvalue weighted by atomic mass is 9.91. The van der Waals surface area contributed by atoms with Gasteiger partial charge in [-0.05, 0) is 30.9 Å². The molecule has 4 N–H and O–H groups in total. The van der Waals surface area contributed by atoms with Crippen LogP contribution < -0.4 is 11.5 Å². The van der Waals surface area contributed by atoms with E-state index in [0.29, 0.717) is 21.5 Å². The molecule has 0 aromatic heterocycles. The van der Waals surface area contributed by atoms with Gasteiger partial charge in [-0.15, -0.1) is 11.8 Å². The van der Waals surface area contributed by atoms with E-state index in [1.54, 1.807) is 23.9 Å². The summed E-state index contributed by atoms with van der Waals surface area (Å²) >= 11 is 7.90. The van der Waals surface area contributed by atoms with Gasteiger partial charge in [-0.2, -0.15) is 0 Å². The second-order valence-electron chi connectivity index (χ2n) is 5.26. The Hall–Kier alpha value is -0.870. The molecule has 1 aliphatic carbocycles. The Balaban J connectivity index is 2.26. The number of hydrogen-bond acceptors (Lipinski definition) is 3. The standard InChI is InChI=1S/C14H19ClN2OS/c1-8-3-2-4-10(5-8)19-13-11(14(17)18)6-9(16)7-12(13)15/h6-8,10H,2-5,16H2,1H3,(H2,17,18). The summed E-state index contributed by atoms with van der Waals surface area (Å²) in [5, 5.41) is 1.03. The second kappa shape index (κ2) is 6.06. The van der Waals surface area contributed by atoms with Crippen LogP contribution in [0.1, 0.15) is 43.0 Å². The number of carbonyl (C=O) groups excluding carboxylic acids is 1. The molecule has 5 heteroatoms. The predicted molar refractivity (Wildman–Crippen MR) is 81.7 cm³/mol. The van der Waals surface area contributed by atoms with Crippen molar-refractivity contribution in [1.82, 2.24) is 0 Å². The molecule has 1 aromatic rings. The molecule has 0 bridgehead atoms. The summed E-state index contributed by atoms with van der Waals surface area (Å²) < 4.78 is 0. The van der Waals surface area contributed by atoms with E-state index in [-0.39, 0.29) is 0 Å². The van der Waals surface area contributed by atoms with E-state index < -0.39 is 5.91 Å². The Morgan fingerprint density at radius 2 is 2.16 bits per heavy atom. The first-order valence-corrected chi connectivity index (χ1v) is 7.78. The molecule has 0 radical (unpaired) electrons. The number of carbonyl (C=O) groups is 1. The molecule has 1 amide bonds. The quantitative estimate of drug-likeness (QED) is 0.836. The summed E-state index contributed by atoms with van der Waals surface area (Å²) in [4.78, 5) is 12.3. The zero-order chi connectivity index (χ0) is 14.0. The van der Waals surface area contributed by atoms with Crippen molar-refractivity contribution in [2.75, 3.05) is 5.73 Å².